The van der Waals surface area contributed by atoms with Crippen LogP contribution < -0.4 is 0 Å². The van der Waals surface area contributed by atoms with Gasteiger partial charge in [-0.15, -0.1) is 0 Å². The van der Waals surface area contributed by atoms with Crippen molar-refractivity contribution in [1.82, 2.24) is 4.90 Å². The van der Waals surface area contributed by atoms with E-state index < -0.39 is 24.2 Å². The van der Waals surface area contributed by atoms with Gasteiger partial charge in [-0.25, -0.2) is 8.78 Å². The van der Waals surface area contributed by atoms with Crippen molar-refractivity contribution in [3.8, 4) is 0 Å². The number of rotatable bonds is 3. The van der Waals surface area contributed by atoms with Gasteiger partial charge in [0, 0.05) is 19.5 Å². The zero-order valence-corrected chi connectivity index (χ0v) is 11.0. The van der Waals surface area contributed by atoms with Crippen LogP contribution in [0, 0.1) is 5.92 Å². The van der Waals surface area contributed by atoms with Crippen molar-refractivity contribution in [3.05, 3.63) is 22.6 Å². The lowest BCUT2D eigenvalue weighted by molar-refractivity contribution is -0.167. The maximum Gasteiger partial charge on any atom is 0.313 e. The van der Waals surface area contributed by atoms with Crippen molar-refractivity contribution in [2.24, 2.45) is 5.92 Å². The van der Waals surface area contributed by atoms with Gasteiger partial charge in [-0.2, -0.15) is 0 Å². The van der Waals surface area contributed by atoms with Gasteiger partial charge in [-0.05, 0) is 22.0 Å². The van der Waals surface area contributed by atoms with E-state index in [0.29, 0.717) is 12.3 Å². The zero-order chi connectivity index (χ0) is 13.3. The molecular weight excluding hydrogens is 312 g/mol. The normalized spacial score (nSPS) is 24.1. The van der Waals surface area contributed by atoms with Gasteiger partial charge in [-0.3, -0.25) is 9.69 Å². The van der Waals surface area contributed by atoms with Crippen LogP contribution in [0.1, 0.15) is 12.2 Å². The van der Waals surface area contributed by atoms with Crippen LogP contribution in [-0.2, 0) is 11.3 Å². The van der Waals surface area contributed by atoms with Crippen molar-refractivity contribution in [1.29, 1.82) is 0 Å². The minimum Gasteiger partial charge on any atom is -0.481 e. The summed E-state index contributed by atoms with van der Waals surface area (Å²) in [6.07, 6.45) is 1.06. The number of piperidine rings is 1. The molecule has 2 heterocycles. The van der Waals surface area contributed by atoms with Gasteiger partial charge in [0.05, 0.1) is 11.0 Å². The molecule has 0 bridgehead atoms. The minimum absolute atomic E-state index is 0.162. The Hall–Kier alpha value is -0.950. The maximum absolute atomic E-state index is 13.4. The topological polar surface area (TPSA) is 53.7 Å². The Kier molecular flexibility index (Phi) is 3.72. The third-order valence-electron chi connectivity index (χ3n) is 3.01. The summed E-state index contributed by atoms with van der Waals surface area (Å²) in [6.45, 7) is 0.335. The van der Waals surface area contributed by atoms with Gasteiger partial charge < -0.3 is 9.52 Å². The first-order chi connectivity index (χ1) is 8.38. The molecule has 1 aromatic heterocycles. The Bertz CT molecular complexity index is 449. The number of carbonyl (C=O) groups is 1. The highest BCUT2D eigenvalue weighted by molar-refractivity contribution is 9.10. The number of hydrogen-bond acceptors (Lipinski definition) is 3. The molecule has 1 atom stereocenters. The van der Waals surface area contributed by atoms with E-state index in [4.69, 9.17) is 9.52 Å². The summed E-state index contributed by atoms with van der Waals surface area (Å²) in [5.41, 5.74) is 0. The summed E-state index contributed by atoms with van der Waals surface area (Å²) in [4.78, 5) is 12.5. The number of carboxylic acid groups (broad SMARTS) is 1. The number of alkyl halides is 2. The van der Waals surface area contributed by atoms with Crippen molar-refractivity contribution >= 4 is 21.9 Å². The number of furan rings is 1. The molecule has 2 rings (SSSR count). The molecule has 100 valence electrons. The second-order valence-electron chi connectivity index (χ2n) is 4.37. The second kappa shape index (κ2) is 4.97. The standard InChI is InChI=1S/C11H12BrF2NO3/c12-7-3-8(18-6-7)4-15-2-1-11(13,14)9(5-15)10(16)17/h3,6,9H,1-2,4-5H2,(H,16,17). The number of nitrogens with zero attached hydrogens (tertiary/aromatic N) is 1. The summed E-state index contributed by atoms with van der Waals surface area (Å²) < 4.78 is 32.8. The third-order valence-corrected chi connectivity index (χ3v) is 3.43. The number of carboxylic acids is 1. The average Bonchev–Trinajstić information content (AvgIpc) is 2.66. The average molecular weight is 324 g/mol. The number of likely N-dealkylation sites (tertiary alicyclic amines) is 1. The minimum atomic E-state index is -3.13. The van der Waals surface area contributed by atoms with Crippen LogP contribution in [0.2, 0.25) is 0 Å². The highest BCUT2D eigenvalue weighted by atomic mass is 79.9. The fourth-order valence-electron chi connectivity index (χ4n) is 2.02. The molecule has 1 fully saturated rings. The Labute approximate surface area is 111 Å². The van der Waals surface area contributed by atoms with E-state index in [0.717, 1.165) is 4.47 Å². The Morgan fingerprint density at radius 1 is 1.67 bits per heavy atom. The van der Waals surface area contributed by atoms with E-state index in [-0.39, 0.29) is 13.1 Å². The van der Waals surface area contributed by atoms with E-state index >= 15 is 0 Å². The molecule has 1 aliphatic rings. The van der Waals surface area contributed by atoms with Crippen LogP contribution in [0.4, 0.5) is 8.78 Å². The Morgan fingerprint density at radius 2 is 2.39 bits per heavy atom. The van der Waals surface area contributed by atoms with E-state index in [9.17, 15) is 13.6 Å². The number of aliphatic carboxylic acids is 1. The molecule has 4 nitrogen and oxygen atoms in total. The summed E-state index contributed by atoms with van der Waals surface area (Å²) in [6, 6.07) is 1.74. The monoisotopic (exact) mass is 323 g/mol. The third kappa shape index (κ3) is 2.89. The molecule has 0 amide bonds. The SMILES string of the molecule is O=C(O)C1CN(Cc2cc(Br)co2)CCC1(F)F. The molecule has 1 aromatic rings. The predicted molar refractivity (Wildman–Crippen MR) is 62.4 cm³/mol. The van der Waals surface area contributed by atoms with E-state index in [1.165, 1.54) is 6.26 Å². The zero-order valence-electron chi connectivity index (χ0n) is 9.41. The summed E-state index contributed by atoms with van der Waals surface area (Å²) in [7, 11) is 0. The first kappa shape index (κ1) is 13.5. The molecule has 0 saturated carbocycles. The van der Waals surface area contributed by atoms with E-state index in [1.54, 1.807) is 11.0 Å². The van der Waals surface area contributed by atoms with Crippen molar-refractivity contribution in [3.63, 3.8) is 0 Å². The molecule has 1 N–H and O–H groups in total. The smallest absolute Gasteiger partial charge is 0.313 e. The number of halogens is 3. The highest BCUT2D eigenvalue weighted by Gasteiger charge is 2.48. The Morgan fingerprint density at radius 3 is 2.94 bits per heavy atom. The molecule has 0 spiro atoms. The van der Waals surface area contributed by atoms with Crippen LogP contribution in [0.3, 0.4) is 0 Å². The fourth-order valence-corrected chi connectivity index (χ4v) is 2.37. The molecule has 1 unspecified atom stereocenters. The quantitative estimate of drug-likeness (QED) is 0.929. The van der Waals surface area contributed by atoms with Gasteiger partial charge in [0.2, 0.25) is 0 Å². The first-order valence-electron chi connectivity index (χ1n) is 5.44. The summed E-state index contributed by atoms with van der Waals surface area (Å²) in [5, 5.41) is 8.82. The molecule has 1 saturated heterocycles. The van der Waals surface area contributed by atoms with Crippen LogP contribution in [0.25, 0.3) is 0 Å². The van der Waals surface area contributed by atoms with E-state index in [2.05, 4.69) is 15.9 Å². The molecule has 18 heavy (non-hydrogen) atoms. The molecule has 0 radical (unpaired) electrons. The van der Waals surface area contributed by atoms with Crippen molar-refractivity contribution in [2.45, 2.75) is 18.9 Å². The van der Waals surface area contributed by atoms with Crippen molar-refractivity contribution in [2.75, 3.05) is 13.1 Å². The van der Waals surface area contributed by atoms with Gasteiger partial charge in [0.1, 0.15) is 17.9 Å². The lowest BCUT2D eigenvalue weighted by Crippen LogP contribution is -2.49. The van der Waals surface area contributed by atoms with Crippen LogP contribution in [0.15, 0.2) is 21.2 Å². The van der Waals surface area contributed by atoms with Crippen molar-refractivity contribution < 1.29 is 23.1 Å². The highest BCUT2D eigenvalue weighted by Crippen LogP contribution is 2.34. The lowest BCUT2D eigenvalue weighted by atomic mass is 9.93. The van der Waals surface area contributed by atoms with Crippen LogP contribution >= 0.6 is 15.9 Å². The molecule has 7 heteroatoms. The Balaban J connectivity index is 2.02. The predicted octanol–water partition coefficient (Wildman–Crippen LogP) is 2.58. The van der Waals surface area contributed by atoms with Crippen LogP contribution in [-0.4, -0.2) is 35.0 Å². The number of hydrogen-bond donors (Lipinski definition) is 1. The summed E-state index contributed by atoms with van der Waals surface area (Å²) in [5.74, 6) is -5.61. The largest absolute Gasteiger partial charge is 0.481 e. The fraction of sp³-hybridized carbons (Fsp3) is 0.545. The molecular formula is C11H12BrF2NO3. The second-order valence-corrected chi connectivity index (χ2v) is 5.28. The van der Waals surface area contributed by atoms with Gasteiger partial charge in [0.25, 0.3) is 5.92 Å². The summed E-state index contributed by atoms with van der Waals surface area (Å²) >= 11 is 3.22. The molecule has 0 aliphatic carbocycles. The van der Waals surface area contributed by atoms with Crippen LogP contribution in [0.5, 0.6) is 0 Å². The van der Waals surface area contributed by atoms with Gasteiger partial charge in [-0.1, -0.05) is 0 Å². The first-order valence-corrected chi connectivity index (χ1v) is 6.23. The molecule has 1 aliphatic heterocycles. The van der Waals surface area contributed by atoms with E-state index in [1.807, 2.05) is 0 Å². The maximum atomic E-state index is 13.4. The van der Waals surface area contributed by atoms with Gasteiger partial charge in [0.15, 0.2) is 0 Å². The lowest BCUT2D eigenvalue weighted by Gasteiger charge is -2.35. The van der Waals surface area contributed by atoms with Gasteiger partial charge >= 0.3 is 5.97 Å². The molecule has 0 aromatic carbocycles.